The minimum Gasteiger partial charge on any atom is -0.504 e. The lowest BCUT2D eigenvalue weighted by molar-refractivity contribution is -0.135. The first kappa shape index (κ1) is 22.4. The highest BCUT2D eigenvalue weighted by Gasteiger charge is 2.22. The summed E-state index contributed by atoms with van der Waals surface area (Å²) in [7, 11) is -3.70. The van der Waals surface area contributed by atoms with Crippen LogP contribution in [-0.2, 0) is 19.1 Å². The zero-order chi connectivity index (χ0) is 20.1. The number of rotatable bonds is 8. The Balaban J connectivity index is 3.00. The van der Waals surface area contributed by atoms with Gasteiger partial charge in [0.2, 0.25) is 0 Å². The number of hydrogen-bond donors (Lipinski definition) is 2. The van der Waals surface area contributed by atoms with E-state index in [0.29, 0.717) is 5.56 Å². The van der Waals surface area contributed by atoms with E-state index in [1.54, 1.807) is 6.07 Å². The van der Waals surface area contributed by atoms with Gasteiger partial charge in [-0.05, 0) is 44.4 Å². The van der Waals surface area contributed by atoms with E-state index in [-0.39, 0.29) is 35.9 Å². The van der Waals surface area contributed by atoms with Crippen LogP contribution in [-0.4, -0.2) is 37.8 Å². The topological polar surface area (TPSA) is 102 Å². The molecule has 1 rings (SSSR count). The first-order chi connectivity index (χ1) is 11.8. The summed E-state index contributed by atoms with van der Waals surface area (Å²) in [4.78, 5) is 11.7. The van der Waals surface area contributed by atoms with E-state index in [0.717, 1.165) is 6.26 Å². The standard InChI is InChI=1S/C18H29NO6S/c1-12(2)9-17(21)24-15-8-7-13(10-14(15)20)16(25-26(6,22)23)11-19-18(3,4)5/h7-8,10,12,16,19-20H,9,11H2,1-6H3. The Kier molecular flexibility index (Phi) is 7.61. The Morgan fingerprint density at radius 1 is 1.27 bits per heavy atom. The van der Waals surface area contributed by atoms with Gasteiger partial charge in [-0.15, -0.1) is 0 Å². The van der Waals surface area contributed by atoms with Gasteiger partial charge in [0.25, 0.3) is 10.1 Å². The van der Waals surface area contributed by atoms with Crippen LogP contribution in [0.3, 0.4) is 0 Å². The molecule has 2 N–H and O–H groups in total. The minimum atomic E-state index is -3.70. The van der Waals surface area contributed by atoms with Crippen LogP contribution in [0.2, 0.25) is 0 Å². The van der Waals surface area contributed by atoms with Crippen LogP contribution in [0.1, 0.15) is 52.7 Å². The summed E-state index contributed by atoms with van der Waals surface area (Å²) in [5, 5.41) is 13.3. The number of aromatic hydroxyl groups is 1. The molecule has 1 aromatic carbocycles. The molecule has 26 heavy (non-hydrogen) atoms. The summed E-state index contributed by atoms with van der Waals surface area (Å²) in [6.07, 6.45) is 0.380. The minimum absolute atomic E-state index is 0.0290. The van der Waals surface area contributed by atoms with Gasteiger partial charge in [-0.25, -0.2) is 0 Å². The molecule has 0 saturated carbocycles. The van der Waals surface area contributed by atoms with Crippen molar-refractivity contribution in [2.45, 2.75) is 52.7 Å². The van der Waals surface area contributed by atoms with Crippen LogP contribution in [0.25, 0.3) is 0 Å². The SMILES string of the molecule is CC(C)CC(=O)Oc1ccc(C(CNC(C)(C)C)OS(C)(=O)=O)cc1O. The molecule has 1 atom stereocenters. The molecule has 0 fully saturated rings. The van der Waals surface area contributed by atoms with E-state index in [1.165, 1.54) is 12.1 Å². The van der Waals surface area contributed by atoms with Crippen molar-refractivity contribution in [3.63, 3.8) is 0 Å². The monoisotopic (exact) mass is 387 g/mol. The van der Waals surface area contributed by atoms with Crippen LogP contribution < -0.4 is 10.1 Å². The van der Waals surface area contributed by atoms with E-state index in [1.807, 2.05) is 34.6 Å². The lowest BCUT2D eigenvalue weighted by Crippen LogP contribution is -2.39. The van der Waals surface area contributed by atoms with E-state index < -0.39 is 22.2 Å². The Hall–Kier alpha value is -1.64. The molecule has 0 aromatic heterocycles. The Morgan fingerprint density at radius 2 is 1.88 bits per heavy atom. The van der Waals surface area contributed by atoms with Crippen LogP contribution in [0.5, 0.6) is 11.5 Å². The van der Waals surface area contributed by atoms with Crippen molar-refractivity contribution in [3.8, 4) is 11.5 Å². The van der Waals surface area contributed by atoms with Crippen LogP contribution in [0.15, 0.2) is 18.2 Å². The molecular weight excluding hydrogens is 358 g/mol. The number of benzene rings is 1. The van der Waals surface area contributed by atoms with Crippen molar-refractivity contribution in [2.24, 2.45) is 5.92 Å². The maximum atomic E-state index is 11.7. The third-order valence-corrected chi connectivity index (χ3v) is 3.84. The largest absolute Gasteiger partial charge is 0.504 e. The summed E-state index contributed by atoms with van der Waals surface area (Å²) in [5.41, 5.74) is 0.210. The average Bonchev–Trinajstić information content (AvgIpc) is 2.42. The molecule has 8 heteroatoms. The average molecular weight is 387 g/mol. The number of carbonyl (C=O) groups excluding carboxylic acids is 1. The van der Waals surface area contributed by atoms with Crippen molar-refractivity contribution in [3.05, 3.63) is 23.8 Å². The predicted octanol–water partition coefficient (Wildman–Crippen LogP) is 2.75. The number of phenols is 1. The van der Waals surface area contributed by atoms with Crippen LogP contribution >= 0.6 is 0 Å². The first-order valence-electron chi connectivity index (χ1n) is 8.43. The summed E-state index contributed by atoms with van der Waals surface area (Å²) < 4.78 is 33.4. The number of carbonyl (C=O) groups is 1. The normalized spacial score (nSPS) is 13.7. The third kappa shape index (κ3) is 8.64. The summed E-state index contributed by atoms with van der Waals surface area (Å²) in [6.45, 7) is 9.83. The summed E-state index contributed by atoms with van der Waals surface area (Å²) in [5.74, 6) is -0.528. The first-order valence-corrected chi connectivity index (χ1v) is 10.3. The van der Waals surface area contributed by atoms with Gasteiger partial charge in [0.15, 0.2) is 11.5 Å². The van der Waals surface area contributed by atoms with E-state index >= 15 is 0 Å². The second kappa shape index (κ2) is 8.83. The fraction of sp³-hybridized carbons (Fsp3) is 0.611. The molecule has 0 bridgehead atoms. The predicted molar refractivity (Wildman–Crippen MR) is 99.6 cm³/mol. The van der Waals surface area contributed by atoms with Gasteiger partial charge in [-0.3, -0.25) is 8.98 Å². The molecule has 0 saturated heterocycles. The fourth-order valence-corrected chi connectivity index (χ4v) is 2.74. The molecule has 0 heterocycles. The number of nitrogens with one attached hydrogen (secondary N) is 1. The van der Waals surface area contributed by atoms with Crippen LogP contribution in [0, 0.1) is 5.92 Å². The van der Waals surface area contributed by atoms with Gasteiger partial charge in [-0.2, -0.15) is 8.42 Å². The molecule has 1 unspecified atom stereocenters. The van der Waals surface area contributed by atoms with E-state index in [2.05, 4.69) is 5.32 Å². The number of phenolic OH excluding ortho intramolecular Hbond substituents is 1. The number of hydrogen-bond acceptors (Lipinski definition) is 7. The van der Waals surface area contributed by atoms with Crippen molar-refractivity contribution in [2.75, 3.05) is 12.8 Å². The maximum absolute atomic E-state index is 11.7. The maximum Gasteiger partial charge on any atom is 0.311 e. The highest BCUT2D eigenvalue weighted by atomic mass is 32.2. The van der Waals surface area contributed by atoms with Crippen LogP contribution in [0.4, 0.5) is 0 Å². The second-order valence-electron chi connectivity index (χ2n) is 7.72. The molecule has 1 aromatic rings. The van der Waals surface area contributed by atoms with Gasteiger partial charge < -0.3 is 15.2 Å². The Labute approximate surface area is 155 Å². The van der Waals surface area contributed by atoms with Gasteiger partial charge in [0, 0.05) is 18.5 Å². The number of esters is 1. The van der Waals surface area contributed by atoms with Gasteiger partial charge in [0.1, 0.15) is 6.10 Å². The summed E-state index contributed by atoms with van der Waals surface area (Å²) in [6, 6.07) is 4.34. The second-order valence-corrected chi connectivity index (χ2v) is 9.32. The molecule has 0 aliphatic carbocycles. The van der Waals surface area contributed by atoms with E-state index in [4.69, 9.17) is 8.92 Å². The fourth-order valence-electron chi connectivity index (χ4n) is 2.14. The molecule has 0 aliphatic heterocycles. The van der Waals surface area contributed by atoms with Gasteiger partial charge in [-0.1, -0.05) is 19.9 Å². The number of ether oxygens (including phenoxy) is 1. The quantitative estimate of drug-likeness (QED) is 0.402. The molecular formula is C18H29NO6S. The van der Waals surface area contributed by atoms with Crippen molar-refractivity contribution in [1.29, 1.82) is 0 Å². The molecule has 0 aliphatic rings. The third-order valence-electron chi connectivity index (χ3n) is 3.26. The molecule has 0 spiro atoms. The molecule has 0 radical (unpaired) electrons. The molecule has 148 valence electrons. The van der Waals surface area contributed by atoms with Gasteiger partial charge in [0.05, 0.1) is 6.26 Å². The zero-order valence-corrected chi connectivity index (χ0v) is 17.0. The zero-order valence-electron chi connectivity index (χ0n) is 16.2. The highest BCUT2D eigenvalue weighted by molar-refractivity contribution is 7.86. The Bertz CT molecular complexity index is 722. The lowest BCUT2D eigenvalue weighted by Gasteiger charge is -2.25. The smallest absolute Gasteiger partial charge is 0.311 e. The lowest BCUT2D eigenvalue weighted by atomic mass is 10.1. The van der Waals surface area contributed by atoms with Gasteiger partial charge >= 0.3 is 5.97 Å². The summed E-state index contributed by atoms with van der Waals surface area (Å²) >= 11 is 0. The Morgan fingerprint density at radius 3 is 2.35 bits per heavy atom. The van der Waals surface area contributed by atoms with Crippen molar-refractivity contribution >= 4 is 16.1 Å². The van der Waals surface area contributed by atoms with Crippen molar-refractivity contribution in [1.82, 2.24) is 5.32 Å². The van der Waals surface area contributed by atoms with Crippen molar-refractivity contribution < 1.29 is 27.2 Å². The molecule has 0 amide bonds. The molecule has 7 nitrogen and oxygen atoms in total. The van der Waals surface area contributed by atoms with E-state index in [9.17, 15) is 18.3 Å². The highest BCUT2D eigenvalue weighted by Crippen LogP contribution is 2.31.